The van der Waals surface area contributed by atoms with Crippen molar-refractivity contribution in [1.29, 1.82) is 0 Å². The quantitative estimate of drug-likeness (QED) is 0.855. The van der Waals surface area contributed by atoms with Crippen LogP contribution < -0.4 is 5.32 Å². The predicted octanol–water partition coefficient (Wildman–Crippen LogP) is 0.818. The van der Waals surface area contributed by atoms with Crippen molar-refractivity contribution < 1.29 is 23.1 Å². The summed E-state index contributed by atoms with van der Waals surface area (Å²) >= 11 is 0. The third-order valence-corrected chi connectivity index (χ3v) is 5.16. The van der Waals surface area contributed by atoms with Crippen molar-refractivity contribution >= 4 is 27.4 Å². The Morgan fingerprint density at radius 1 is 1.42 bits per heavy atom. The van der Waals surface area contributed by atoms with Gasteiger partial charge < -0.3 is 10.4 Å². The first-order valence-electron chi connectivity index (χ1n) is 5.76. The number of carboxylic acids is 1. The zero-order valence-electron chi connectivity index (χ0n) is 10.2. The Kier molecular flexibility index (Phi) is 3.32. The molecule has 0 aromatic heterocycles. The number of benzene rings is 1. The van der Waals surface area contributed by atoms with Gasteiger partial charge >= 0.3 is 5.97 Å². The number of aryl methyl sites for hydroxylation is 1. The van der Waals surface area contributed by atoms with E-state index in [0.29, 0.717) is 12.0 Å². The lowest BCUT2D eigenvalue weighted by molar-refractivity contribution is -0.138. The van der Waals surface area contributed by atoms with Gasteiger partial charge in [0.25, 0.3) is 0 Å². The third-order valence-electron chi connectivity index (χ3n) is 3.08. The monoisotopic (exact) mass is 283 g/mol. The second-order valence-electron chi connectivity index (χ2n) is 4.26. The number of carboxylic acid groups (broad SMARTS) is 1. The molecule has 102 valence electrons. The maximum atomic E-state index is 12.3. The van der Waals surface area contributed by atoms with Crippen molar-refractivity contribution in [2.24, 2.45) is 0 Å². The Morgan fingerprint density at radius 2 is 2.11 bits per heavy atom. The molecule has 0 saturated heterocycles. The second kappa shape index (κ2) is 4.65. The summed E-state index contributed by atoms with van der Waals surface area (Å²) in [5.74, 6) is -2.10. The third kappa shape index (κ3) is 2.21. The van der Waals surface area contributed by atoms with Gasteiger partial charge in [0.05, 0.1) is 17.0 Å². The van der Waals surface area contributed by atoms with Crippen LogP contribution in [0.15, 0.2) is 23.1 Å². The Bertz CT molecular complexity index is 650. The minimum Gasteiger partial charge on any atom is -0.481 e. The maximum absolute atomic E-state index is 12.3. The Morgan fingerprint density at radius 3 is 2.68 bits per heavy atom. The van der Waals surface area contributed by atoms with Crippen molar-refractivity contribution in [2.75, 3.05) is 5.32 Å². The first-order valence-corrected chi connectivity index (χ1v) is 7.31. The number of hydrogen-bond donors (Lipinski definition) is 2. The smallest absolute Gasteiger partial charge is 0.305 e. The summed E-state index contributed by atoms with van der Waals surface area (Å²) in [6.07, 6.45) is -0.160. The van der Waals surface area contributed by atoms with Crippen LogP contribution in [0.2, 0.25) is 0 Å². The van der Waals surface area contributed by atoms with Crippen molar-refractivity contribution in [3.8, 4) is 0 Å². The van der Waals surface area contributed by atoms with E-state index in [0.717, 1.165) is 0 Å². The normalized spacial score (nSPS) is 20.5. The number of nitrogens with one attached hydrogen (secondary N) is 1. The number of carbonyl (C=O) groups excluding carboxylic acids is 1. The summed E-state index contributed by atoms with van der Waals surface area (Å²) in [5.41, 5.74) is 0.986. The molecule has 2 rings (SSSR count). The highest BCUT2D eigenvalue weighted by Crippen LogP contribution is 2.34. The number of amides is 1. The summed E-state index contributed by atoms with van der Waals surface area (Å²) in [4.78, 5) is 22.5. The number of anilines is 1. The Balaban J connectivity index is 2.60. The van der Waals surface area contributed by atoms with Gasteiger partial charge in [-0.3, -0.25) is 9.59 Å². The van der Waals surface area contributed by atoms with Crippen molar-refractivity contribution in [1.82, 2.24) is 0 Å². The number of hydrogen-bond acceptors (Lipinski definition) is 4. The summed E-state index contributed by atoms with van der Waals surface area (Å²) in [7, 11) is -3.95. The highest BCUT2D eigenvalue weighted by molar-refractivity contribution is 7.93. The molecule has 2 N–H and O–H groups in total. The fourth-order valence-corrected chi connectivity index (χ4v) is 3.85. The Hall–Kier alpha value is -1.89. The lowest BCUT2D eigenvalue weighted by Gasteiger charge is -2.25. The van der Waals surface area contributed by atoms with Crippen LogP contribution in [0.3, 0.4) is 0 Å². The van der Waals surface area contributed by atoms with Crippen molar-refractivity contribution in [3.05, 3.63) is 23.8 Å². The van der Waals surface area contributed by atoms with Gasteiger partial charge in [0.1, 0.15) is 0 Å². The number of aliphatic carboxylic acids is 1. The summed E-state index contributed by atoms with van der Waals surface area (Å²) in [6.45, 7) is 1.84. The highest BCUT2D eigenvalue weighted by atomic mass is 32.2. The minimum absolute atomic E-state index is 0.00213. The fourth-order valence-electron chi connectivity index (χ4n) is 2.11. The van der Waals surface area contributed by atoms with E-state index in [9.17, 15) is 18.0 Å². The molecule has 0 spiro atoms. The molecule has 0 fully saturated rings. The molecule has 0 saturated carbocycles. The second-order valence-corrected chi connectivity index (χ2v) is 6.36. The van der Waals surface area contributed by atoms with Crippen LogP contribution in [-0.2, 0) is 25.8 Å². The molecule has 0 aliphatic carbocycles. The van der Waals surface area contributed by atoms with Crippen LogP contribution in [0.25, 0.3) is 0 Å². The molecule has 1 aromatic rings. The minimum atomic E-state index is -3.95. The summed E-state index contributed by atoms with van der Waals surface area (Å²) < 4.78 is 24.6. The molecule has 7 heteroatoms. The van der Waals surface area contributed by atoms with Gasteiger partial charge in [0.2, 0.25) is 5.91 Å². The van der Waals surface area contributed by atoms with E-state index in [2.05, 4.69) is 5.32 Å². The van der Waals surface area contributed by atoms with Crippen LogP contribution in [0.5, 0.6) is 0 Å². The van der Waals surface area contributed by atoms with Gasteiger partial charge in [-0.2, -0.15) is 0 Å². The van der Waals surface area contributed by atoms with E-state index in [1.807, 2.05) is 6.92 Å². The fraction of sp³-hybridized carbons (Fsp3) is 0.333. The number of fused-ring (bicyclic) bond motifs is 1. The first kappa shape index (κ1) is 13.5. The average molecular weight is 283 g/mol. The van der Waals surface area contributed by atoms with E-state index >= 15 is 0 Å². The van der Waals surface area contributed by atoms with Crippen LogP contribution in [-0.4, -0.2) is 30.7 Å². The molecule has 1 heterocycles. The topological polar surface area (TPSA) is 101 Å². The van der Waals surface area contributed by atoms with Crippen LogP contribution >= 0.6 is 0 Å². The first-order chi connectivity index (χ1) is 8.87. The van der Waals surface area contributed by atoms with E-state index < -0.39 is 33.4 Å². The lowest BCUT2D eigenvalue weighted by Crippen LogP contribution is -2.41. The molecule has 1 aliphatic heterocycles. The van der Waals surface area contributed by atoms with Crippen molar-refractivity contribution in [3.63, 3.8) is 0 Å². The largest absolute Gasteiger partial charge is 0.481 e. The van der Waals surface area contributed by atoms with Crippen molar-refractivity contribution in [2.45, 2.75) is 29.9 Å². The molecule has 1 unspecified atom stereocenters. The molecule has 0 bridgehead atoms. The molecule has 1 aromatic carbocycles. The molecule has 1 atom stereocenters. The van der Waals surface area contributed by atoms with Gasteiger partial charge in [-0.05, 0) is 18.1 Å². The van der Waals surface area contributed by atoms with Crippen LogP contribution in [0.1, 0.15) is 18.9 Å². The molecule has 1 aliphatic rings. The van der Waals surface area contributed by atoms with Gasteiger partial charge in [-0.15, -0.1) is 0 Å². The van der Waals surface area contributed by atoms with E-state index in [-0.39, 0.29) is 10.6 Å². The predicted molar refractivity (Wildman–Crippen MR) is 67.7 cm³/mol. The SMILES string of the molecule is CCc1cccc2c1NC(=O)C(CC(=O)O)S2(=O)=O. The zero-order chi connectivity index (χ0) is 14.2. The standard InChI is InChI=1S/C12H13NO5S/c1-2-7-4-3-5-8-11(7)13-12(16)9(6-10(14)15)19(8,17)18/h3-5,9H,2,6H2,1H3,(H,13,16)(H,14,15). The summed E-state index contributed by atoms with van der Waals surface area (Å²) in [5, 5.41) is 9.66. The van der Waals surface area contributed by atoms with E-state index in [1.165, 1.54) is 6.07 Å². The molecular formula is C12H13NO5S. The van der Waals surface area contributed by atoms with Gasteiger partial charge in [0.15, 0.2) is 15.1 Å². The van der Waals surface area contributed by atoms with Gasteiger partial charge in [-0.1, -0.05) is 19.1 Å². The van der Waals surface area contributed by atoms with E-state index in [4.69, 9.17) is 5.11 Å². The van der Waals surface area contributed by atoms with Gasteiger partial charge in [-0.25, -0.2) is 8.42 Å². The van der Waals surface area contributed by atoms with Gasteiger partial charge in [0, 0.05) is 0 Å². The highest BCUT2D eigenvalue weighted by Gasteiger charge is 2.42. The summed E-state index contributed by atoms with van der Waals surface area (Å²) in [6, 6.07) is 4.70. The zero-order valence-corrected chi connectivity index (χ0v) is 11.0. The molecule has 6 nitrogen and oxygen atoms in total. The van der Waals surface area contributed by atoms with E-state index in [1.54, 1.807) is 12.1 Å². The molecule has 0 radical (unpaired) electrons. The number of rotatable bonds is 3. The molecular weight excluding hydrogens is 270 g/mol. The lowest BCUT2D eigenvalue weighted by atomic mass is 10.1. The van der Waals surface area contributed by atoms with Crippen LogP contribution in [0.4, 0.5) is 5.69 Å². The maximum Gasteiger partial charge on any atom is 0.305 e. The van der Waals surface area contributed by atoms with Crippen LogP contribution in [0, 0.1) is 0 Å². The molecule has 19 heavy (non-hydrogen) atoms. The number of sulfone groups is 1. The Labute approximate surface area is 110 Å². The average Bonchev–Trinajstić information content (AvgIpc) is 2.34. The number of carbonyl (C=O) groups is 2. The number of para-hydroxylation sites is 1. The molecule has 1 amide bonds.